The summed E-state index contributed by atoms with van der Waals surface area (Å²) >= 11 is 0. The summed E-state index contributed by atoms with van der Waals surface area (Å²) in [7, 11) is 1.62. The van der Waals surface area contributed by atoms with Crippen LogP contribution in [0, 0.1) is 0 Å². The van der Waals surface area contributed by atoms with Gasteiger partial charge in [-0.05, 0) is 25.5 Å². The summed E-state index contributed by atoms with van der Waals surface area (Å²) in [6, 6.07) is 4.26. The largest absolute Gasteiger partial charge is 0.481 e. The van der Waals surface area contributed by atoms with E-state index in [2.05, 4.69) is 19.9 Å². The molecule has 0 bridgehead atoms. The van der Waals surface area contributed by atoms with Gasteiger partial charge in [0, 0.05) is 12.1 Å². The predicted octanol–water partition coefficient (Wildman–Crippen LogP) is 2.09. The highest BCUT2D eigenvalue weighted by Gasteiger charge is 2.19. The second-order valence-electron chi connectivity index (χ2n) is 4.75. The first-order valence-electron chi connectivity index (χ1n) is 6.64. The van der Waals surface area contributed by atoms with Gasteiger partial charge in [-0.2, -0.15) is 0 Å². The van der Waals surface area contributed by atoms with Crippen molar-refractivity contribution in [2.75, 3.05) is 13.7 Å². The summed E-state index contributed by atoms with van der Waals surface area (Å²) < 4.78 is 7.18. The van der Waals surface area contributed by atoms with Crippen LogP contribution < -0.4 is 10.1 Å². The minimum Gasteiger partial charge on any atom is -0.481 e. The van der Waals surface area contributed by atoms with Crippen LogP contribution in [0.2, 0.25) is 0 Å². The molecule has 0 spiro atoms. The molecule has 1 fully saturated rings. The van der Waals surface area contributed by atoms with Crippen molar-refractivity contribution in [2.45, 2.75) is 25.3 Å². The summed E-state index contributed by atoms with van der Waals surface area (Å²) in [4.78, 5) is 8.53. The summed E-state index contributed by atoms with van der Waals surface area (Å²) in [6.45, 7) is 1.08. The monoisotopic (exact) mass is 258 g/mol. The van der Waals surface area contributed by atoms with Crippen LogP contribution in [0.1, 0.15) is 31.0 Å². The first kappa shape index (κ1) is 12.2. The highest BCUT2D eigenvalue weighted by molar-refractivity contribution is 5.34. The van der Waals surface area contributed by atoms with E-state index >= 15 is 0 Å². The zero-order valence-corrected chi connectivity index (χ0v) is 11.0. The van der Waals surface area contributed by atoms with Gasteiger partial charge in [0.25, 0.3) is 0 Å². The Morgan fingerprint density at radius 3 is 2.95 bits per heavy atom. The van der Waals surface area contributed by atoms with E-state index in [9.17, 15) is 0 Å². The van der Waals surface area contributed by atoms with Crippen LogP contribution in [-0.4, -0.2) is 28.2 Å². The van der Waals surface area contributed by atoms with Crippen LogP contribution in [0.3, 0.4) is 0 Å². The van der Waals surface area contributed by atoms with Crippen LogP contribution in [0.5, 0.6) is 5.88 Å². The Kier molecular flexibility index (Phi) is 3.46. The second kappa shape index (κ2) is 5.40. The summed E-state index contributed by atoms with van der Waals surface area (Å²) in [5.74, 6) is 0.626. The number of imidazole rings is 1. The summed E-state index contributed by atoms with van der Waals surface area (Å²) in [6.07, 6.45) is 9.28. The zero-order chi connectivity index (χ0) is 13.1. The third-order valence-corrected chi connectivity index (χ3v) is 3.54. The lowest BCUT2D eigenvalue weighted by atomic mass is 10.0. The van der Waals surface area contributed by atoms with Gasteiger partial charge in [-0.25, -0.2) is 9.97 Å². The normalized spacial score (nSPS) is 19.3. The SMILES string of the molecule is COc1ccc(-n2cncc2C2CCCCN2)cn1. The van der Waals surface area contributed by atoms with Gasteiger partial charge >= 0.3 is 0 Å². The molecule has 0 saturated carbocycles. The second-order valence-corrected chi connectivity index (χ2v) is 4.75. The van der Waals surface area contributed by atoms with Gasteiger partial charge < -0.3 is 14.6 Å². The number of nitrogens with zero attached hydrogens (tertiary/aromatic N) is 3. The molecule has 0 amide bonds. The van der Waals surface area contributed by atoms with Crippen molar-refractivity contribution in [1.29, 1.82) is 0 Å². The molecule has 5 heteroatoms. The van der Waals surface area contributed by atoms with E-state index in [-0.39, 0.29) is 0 Å². The fraction of sp³-hybridized carbons (Fsp3) is 0.429. The van der Waals surface area contributed by atoms with Crippen molar-refractivity contribution >= 4 is 0 Å². The van der Waals surface area contributed by atoms with E-state index in [1.54, 1.807) is 7.11 Å². The first-order chi connectivity index (χ1) is 9.38. The summed E-state index contributed by atoms with van der Waals surface area (Å²) in [5, 5.41) is 3.55. The van der Waals surface area contributed by atoms with Crippen LogP contribution >= 0.6 is 0 Å². The molecule has 0 radical (unpaired) electrons. The molecule has 0 aliphatic carbocycles. The molecule has 1 N–H and O–H groups in total. The zero-order valence-electron chi connectivity index (χ0n) is 11.0. The van der Waals surface area contributed by atoms with Crippen molar-refractivity contribution in [2.24, 2.45) is 0 Å². The Balaban J connectivity index is 1.89. The molecular formula is C14H18N4O. The van der Waals surface area contributed by atoms with Gasteiger partial charge in [0.1, 0.15) is 0 Å². The van der Waals surface area contributed by atoms with Crippen molar-refractivity contribution < 1.29 is 4.74 Å². The summed E-state index contributed by atoms with van der Waals surface area (Å²) in [5.41, 5.74) is 2.22. The van der Waals surface area contributed by atoms with Crippen molar-refractivity contribution in [3.63, 3.8) is 0 Å². The number of pyridine rings is 1. The Hall–Kier alpha value is -1.88. The first-order valence-corrected chi connectivity index (χ1v) is 6.64. The van der Waals surface area contributed by atoms with Crippen molar-refractivity contribution in [3.8, 4) is 11.6 Å². The highest BCUT2D eigenvalue weighted by atomic mass is 16.5. The molecule has 1 aliphatic rings. The van der Waals surface area contributed by atoms with Gasteiger partial charge in [-0.1, -0.05) is 6.42 Å². The van der Waals surface area contributed by atoms with E-state index in [0.29, 0.717) is 11.9 Å². The lowest BCUT2D eigenvalue weighted by molar-refractivity contribution is 0.396. The number of hydrogen-bond donors (Lipinski definition) is 1. The number of methoxy groups -OCH3 is 1. The fourth-order valence-corrected chi connectivity index (χ4v) is 2.52. The average Bonchev–Trinajstić information content (AvgIpc) is 2.98. The average molecular weight is 258 g/mol. The third kappa shape index (κ3) is 2.46. The lowest BCUT2D eigenvalue weighted by Gasteiger charge is -2.24. The number of rotatable bonds is 3. The molecule has 2 aromatic rings. The Morgan fingerprint density at radius 2 is 2.26 bits per heavy atom. The highest BCUT2D eigenvalue weighted by Crippen LogP contribution is 2.25. The van der Waals surface area contributed by atoms with E-state index in [0.717, 1.165) is 18.7 Å². The standard InChI is InChI=1S/C14H18N4O/c1-19-14-6-5-11(8-17-14)18-10-15-9-13(18)12-4-2-3-7-16-12/h5-6,8-10,12,16H,2-4,7H2,1H3. The van der Waals surface area contributed by atoms with Gasteiger partial charge in [-0.15, -0.1) is 0 Å². The van der Waals surface area contributed by atoms with Crippen LogP contribution in [0.15, 0.2) is 30.9 Å². The predicted molar refractivity (Wildman–Crippen MR) is 72.5 cm³/mol. The molecule has 1 aliphatic heterocycles. The third-order valence-electron chi connectivity index (χ3n) is 3.54. The smallest absolute Gasteiger partial charge is 0.213 e. The maximum atomic E-state index is 5.08. The molecule has 1 unspecified atom stereocenters. The van der Waals surface area contributed by atoms with Crippen LogP contribution in [-0.2, 0) is 0 Å². The van der Waals surface area contributed by atoms with E-state index in [4.69, 9.17) is 4.74 Å². The Morgan fingerprint density at radius 1 is 1.32 bits per heavy atom. The Labute approximate surface area is 112 Å². The molecule has 3 heterocycles. The number of piperidine rings is 1. The number of nitrogens with one attached hydrogen (secondary N) is 1. The molecule has 100 valence electrons. The number of hydrogen-bond acceptors (Lipinski definition) is 4. The molecule has 5 nitrogen and oxygen atoms in total. The number of ether oxygens (including phenoxy) is 1. The number of aromatic nitrogens is 3. The van der Waals surface area contributed by atoms with Crippen molar-refractivity contribution in [3.05, 3.63) is 36.5 Å². The molecule has 1 atom stereocenters. The van der Waals surface area contributed by atoms with Crippen molar-refractivity contribution in [1.82, 2.24) is 19.9 Å². The van der Waals surface area contributed by atoms with Gasteiger partial charge in [0.05, 0.1) is 37.2 Å². The van der Waals surface area contributed by atoms with Crippen LogP contribution in [0.4, 0.5) is 0 Å². The molecule has 2 aromatic heterocycles. The Bertz CT molecular complexity index is 529. The molecule has 19 heavy (non-hydrogen) atoms. The molecule has 3 rings (SSSR count). The maximum Gasteiger partial charge on any atom is 0.213 e. The fourth-order valence-electron chi connectivity index (χ4n) is 2.52. The molecular weight excluding hydrogens is 240 g/mol. The minimum absolute atomic E-state index is 0.387. The maximum absolute atomic E-state index is 5.08. The lowest BCUT2D eigenvalue weighted by Crippen LogP contribution is -2.28. The van der Waals surface area contributed by atoms with E-state index in [1.165, 1.54) is 18.5 Å². The minimum atomic E-state index is 0.387. The molecule has 1 saturated heterocycles. The topological polar surface area (TPSA) is 52.0 Å². The molecule has 0 aromatic carbocycles. The van der Waals surface area contributed by atoms with Gasteiger partial charge in [0.2, 0.25) is 5.88 Å². The van der Waals surface area contributed by atoms with E-state index < -0.39 is 0 Å². The van der Waals surface area contributed by atoms with Crippen LogP contribution in [0.25, 0.3) is 5.69 Å². The van der Waals surface area contributed by atoms with Gasteiger partial charge in [0.15, 0.2) is 0 Å². The van der Waals surface area contributed by atoms with Gasteiger partial charge in [-0.3, -0.25) is 0 Å². The van der Waals surface area contributed by atoms with E-state index in [1.807, 2.05) is 30.9 Å². The quantitative estimate of drug-likeness (QED) is 0.916.